The van der Waals surface area contributed by atoms with Gasteiger partial charge in [-0.15, -0.1) is 0 Å². The number of imidazole rings is 1. The summed E-state index contributed by atoms with van der Waals surface area (Å²) >= 11 is 0. The standard InChI is InChI=1S/C22H25N3O5S/c1-22(2,3)30-21(26)25-13-20(23-15-25)17-7-11-19(12-8-17)29-14-16-5-9-18(10-6-16)24-31(4,27)28/h5-13,15,24H,14H2,1-4H3. The summed E-state index contributed by atoms with van der Waals surface area (Å²) in [5, 5.41) is 0. The minimum atomic E-state index is -3.30. The SMILES string of the molecule is CC(C)(C)OC(=O)n1cnc(-c2ccc(OCc3ccc(NS(C)(=O)=O)cc3)cc2)c1. The van der Waals surface area contributed by atoms with E-state index in [2.05, 4.69) is 9.71 Å². The van der Waals surface area contributed by atoms with Crippen molar-refractivity contribution in [3.05, 3.63) is 66.6 Å². The van der Waals surface area contributed by atoms with Crippen LogP contribution in [-0.4, -0.2) is 35.9 Å². The van der Waals surface area contributed by atoms with Gasteiger partial charge in [0.05, 0.1) is 11.9 Å². The lowest BCUT2D eigenvalue weighted by molar-refractivity contribution is 0.0536. The number of rotatable bonds is 6. The molecule has 1 heterocycles. The Bertz CT molecular complexity index is 1150. The predicted molar refractivity (Wildman–Crippen MR) is 119 cm³/mol. The normalized spacial score (nSPS) is 11.7. The van der Waals surface area contributed by atoms with Gasteiger partial charge in [-0.1, -0.05) is 12.1 Å². The number of carbonyl (C=O) groups excluding carboxylic acids is 1. The van der Waals surface area contributed by atoms with Crippen molar-refractivity contribution in [1.82, 2.24) is 9.55 Å². The Hall–Kier alpha value is -3.33. The molecule has 0 aliphatic carbocycles. The van der Waals surface area contributed by atoms with Gasteiger partial charge in [-0.3, -0.25) is 4.72 Å². The summed E-state index contributed by atoms with van der Waals surface area (Å²) in [5.74, 6) is 0.675. The van der Waals surface area contributed by atoms with Gasteiger partial charge in [-0.05, 0) is 62.7 Å². The van der Waals surface area contributed by atoms with Gasteiger partial charge >= 0.3 is 6.09 Å². The molecule has 3 rings (SSSR count). The zero-order chi connectivity index (χ0) is 22.6. The first kappa shape index (κ1) is 22.4. The summed E-state index contributed by atoms with van der Waals surface area (Å²) in [6, 6.07) is 14.3. The van der Waals surface area contributed by atoms with E-state index in [9.17, 15) is 13.2 Å². The van der Waals surface area contributed by atoms with E-state index in [1.807, 2.05) is 45.0 Å². The first-order chi connectivity index (χ1) is 14.5. The fraction of sp³-hybridized carbons (Fsp3) is 0.273. The molecule has 0 spiro atoms. The van der Waals surface area contributed by atoms with Crippen molar-refractivity contribution in [2.24, 2.45) is 0 Å². The van der Waals surface area contributed by atoms with Gasteiger partial charge in [-0.25, -0.2) is 22.8 Å². The van der Waals surface area contributed by atoms with Gasteiger partial charge in [0.2, 0.25) is 10.0 Å². The number of nitrogens with zero attached hydrogens (tertiary/aromatic N) is 2. The Balaban J connectivity index is 1.59. The maximum absolute atomic E-state index is 12.1. The number of nitrogens with one attached hydrogen (secondary N) is 1. The van der Waals surface area contributed by atoms with Crippen LogP contribution in [0.5, 0.6) is 5.75 Å². The van der Waals surface area contributed by atoms with Gasteiger partial charge in [0.15, 0.2) is 0 Å². The van der Waals surface area contributed by atoms with Crippen molar-refractivity contribution >= 4 is 21.8 Å². The van der Waals surface area contributed by atoms with Gasteiger partial charge in [0.25, 0.3) is 0 Å². The molecule has 1 N–H and O–H groups in total. The van der Waals surface area contributed by atoms with Gasteiger partial charge in [0.1, 0.15) is 24.3 Å². The Morgan fingerprint density at radius 2 is 1.71 bits per heavy atom. The molecule has 0 aliphatic heterocycles. The van der Waals surface area contributed by atoms with E-state index in [-0.39, 0.29) is 0 Å². The zero-order valence-electron chi connectivity index (χ0n) is 17.8. The third-order valence-corrected chi connectivity index (χ3v) is 4.61. The number of hydrogen-bond donors (Lipinski definition) is 1. The number of sulfonamides is 1. The van der Waals surface area contributed by atoms with E-state index in [4.69, 9.17) is 9.47 Å². The molecule has 8 nitrogen and oxygen atoms in total. The monoisotopic (exact) mass is 443 g/mol. The first-order valence-corrected chi connectivity index (χ1v) is 11.4. The van der Waals surface area contributed by atoms with Gasteiger partial charge < -0.3 is 9.47 Å². The van der Waals surface area contributed by atoms with Crippen LogP contribution in [0.4, 0.5) is 10.5 Å². The summed E-state index contributed by atoms with van der Waals surface area (Å²) in [6.07, 6.45) is 3.67. The number of hydrogen-bond acceptors (Lipinski definition) is 6. The summed E-state index contributed by atoms with van der Waals surface area (Å²) in [5.41, 5.74) is 2.31. The van der Waals surface area contributed by atoms with Crippen LogP contribution in [0.15, 0.2) is 61.1 Å². The molecule has 3 aromatic rings. The quantitative estimate of drug-likeness (QED) is 0.610. The Morgan fingerprint density at radius 3 is 2.29 bits per heavy atom. The van der Waals surface area contributed by atoms with Crippen molar-refractivity contribution in [2.45, 2.75) is 33.0 Å². The maximum Gasteiger partial charge on any atom is 0.419 e. The molecular formula is C22H25N3O5S. The molecule has 0 bridgehead atoms. The van der Waals surface area contributed by atoms with Gasteiger partial charge in [0, 0.05) is 17.4 Å². The number of anilines is 1. The molecule has 2 aromatic carbocycles. The van der Waals surface area contributed by atoms with Crippen molar-refractivity contribution in [3.8, 4) is 17.0 Å². The van der Waals surface area contributed by atoms with Crippen LogP contribution >= 0.6 is 0 Å². The lowest BCUT2D eigenvalue weighted by Gasteiger charge is -2.19. The van der Waals surface area contributed by atoms with Crippen molar-refractivity contribution in [3.63, 3.8) is 0 Å². The van der Waals surface area contributed by atoms with E-state index >= 15 is 0 Å². The largest absolute Gasteiger partial charge is 0.489 e. The molecular weight excluding hydrogens is 418 g/mol. The number of carbonyl (C=O) groups is 1. The molecule has 0 unspecified atom stereocenters. The summed E-state index contributed by atoms with van der Waals surface area (Å²) in [6.45, 7) is 5.76. The van der Waals surface area contributed by atoms with E-state index in [1.165, 1.54) is 10.9 Å². The number of benzene rings is 2. The van der Waals surface area contributed by atoms with Crippen LogP contribution in [0.1, 0.15) is 26.3 Å². The minimum Gasteiger partial charge on any atom is -0.489 e. The molecule has 164 valence electrons. The highest BCUT2D eigenvalue weighted by molar-refractivity contribution is 7.92. The van der Waals surface area contributed by atoms with E-state index in [0.717, 1.165) is 17.4 Å². The Labute approximate surface area is 181 Å². The average molecular weight is 444 g/mol. The topological polar surface area (TPSA) is 99.5 Å². The second kappa shape index (κ2) is 8.81. The van der Waals surface area contributed by atoms with E-state index < -0.39 is 21.7 Å². The van der Waals surface area contributed by atoms with E-state index in [1.54, 1.807) is 30.5 Å². The fourth-order valence-electron chi connectivity index (χ4n) is 2.66. The molecule has 0 aliphatic rings. The van der Waals surface area contributed by atoms with Gasteiger partial charge in [-0.2, -0.15) is 0 Å². The van der Waals surface area contributed by atoms with Crippen LogP contribution in [0, 0.1) is 0 Å². The molecule has 1 aromatic heterocycles. The second-order valence-electron chi connectivity index (χ2n) is 8.03. The van der Waals surface area contributed by atoms with Crippen LogP contribution < -0.4 is 9.46 Å². The summed E-state index contributed by atoms with van der Waals surface area (Å²) in [4.78, 5) is 16.4. The number of ether oxygens (including phenoxy) is 2. The molecule has 9 heteroatoms. The van der Waals surface area contributed by atoms with Crippen molar-refractivity contribution < 1.29 is 22.7 Å². The zero-order valence-corrected chi connectivity index (χ0v) is 18.6. The highest BCUT2D eigenvalue weighted by atomic mass is 32.2. The van der Waals surface area contributed by atoms with Crippen molar-refractivity contribution in [1.29, 1.82) is 0 Å². The molecule has 0 saturated carbocycles. The molecule has 0 saturated heterocycles. The summed E-state index contributed by atoms with van der Waals surface area (Å²) in [7, 11) is -3.30. The molecule has 0 fully saturated rings. The second-order valence-corrected chi connectivity index (χ2v) is 9.78. The lowest BCUT2D eigenvalue weighted by atomic mass is 10.1. The van der Waals surface area contributed by atoms with Crippen LogP contribution in [0.3, 0.4) is 0 Å². The molecule has 31 heavy (non-hydrogen) atoms. The first-order valence-electron chi connectivity index (χ1n) is 9.56. The highest BCUT2D eigenvalue weighted by Gasteiger charge is 2.18. The summed E-state index contributed by atoms with van der Waals surface area (Å²) < 4.78 is 37.3. The minimum absolute atomic E-state index is 0.339. The van der Waals surface area contributed by atoms with Crippen molar-refractivity contribution in [2.75, 3.05) is 11.0 Å². The van der Waals surface area contributed by atoms with E-state index in [0.29, 0.717) is 23.7 Å². The third-order valence-electron chi connectivity index (χ3n) is 4.00. The Kier molecular flexibility index (Phi) is 6.35. The average Bonchev–Trinajstić information content (AvgIpc) is 3.16. The lowest BCUT2D eigenvalue weighted by Crippen LogP contribution is -2.26. The molecule has 0 amide bonds. The van der Waals surface area contributed by atoms with Crippen LogP contribution in [-0.2, 0) is 21.4 Å². The predicted octanol–water partition coefficient (Wildman–Crippen LogP) is 4.28. The fourth-order valence-corrected chi connectivity index (χ4v) is 3.22. The Morgan fingerprint density at radius 1 is 1.06 bits per heavy atom. The third kappa shape index (κ3) is 6.85. The maximum atomic E-state index is 12.1. The smallest absolute Gasteiger partial charge is 0.419 e. The van der Waals surface area contributed by atoms with Crippen LogP contribution in [0.2, 0.25) is 0 Å². The molecule has 0 atom stereocenters. The number of aromatic nitrogens is 2. The molecule has 0 radical (unpaired) electrons. The highest BCUT2D eigenvalue weighted by Crippen LogP contribution is 2.22. The van der Waals surface area contributed by atoms with Crippen LogP contribution in [0.25, 0.3) is 11.3 Å².